The van der Waals surface area contributed by atoms with E-state index in [1.54, 1.807) is 45.2 Å². The highest BCUT2D eigenvalue weighted by Gasteiger charge is 2.13. The predicted molar refractivity (Wildman–Crippen MR) is 101 cm³/mol. The Hall–Kier alpha value is -3.40. The maximum atomic E-state index is 12.1. The standard InChI is InChI=1S/C20H22N4O3/c1-12-16(13(2)24-20(27)17(12)10-21)8-9-18(25)23-11-14-4-6-15(7-5-14)19(26)22-3/h4-7H,8-9,11H2,1-3H3,(H,22,26)(H,23,25)(H,24,27). The van der Waals surface area contributed by atoms with Crippen LogP contribution >= 0.6 is 0 Å². The van der Waals surface area contributed by atoms with Gasteiger partial charge in [-0.05, 0) is 49.1 Å². The van der Waals surface area contributed by atoms with Crippen LogP contribution in [-0.2, 0) is 17.8 Å². The molecule has 0 fully saturated rings. The van der Waals surface area contributed by atoms with Crippen LogP contribution in [0.2, 0.25) is 0 Å². The number of nitrogens with zero attached hydrogens (tertiary/aromatic N) is 1. The number of amides is 2. The first-order valence-corrected chi connectivity index (χ1v) is 8.57. The normalized spacial score (nSPS) is 10.1. The third-order valence-corrected chi connectivity index (χ3v) is 4.46. The highest BCUT2D eigenvalue weighted by Crippen LogP contribution is 2.15. The fourth-order valence-electron chi connectivity index (χ4n) is 2.87. The Morgan fingerprint density at radius 2 is 1.85 bits per heavy atom. The first-order chi connectivity index (χ1) is 12.9. The zero-order valence-corrected chi connectivity index (χ0v) is 15.6. The number of hydrogen-bond donors (Lipinski definition) is 3. The first-order valence-electron chi connectivity index (χ1n) is 8.57. The molecule has 0 spiro atoms. The maximum absolute atomic E-state index is 12.1. The van der Waals surface area contributed by atoms with Crippen LogP contribution in [0.5, 0.6) is 0 Å². The lowest BCUT2D eigenvalue weighted by atomic mass is 9.99. The zero-order chi connectivity index (χ0) is 20.0. The molecule has 1 aromatic heterocycles. The van der Waals surface area contributed by atoms with Crippen molar-refractivity contribution in [1.82, 2.24) is 15.6 Å². The second kappa shape index (κ2) is 8.81. The van der Waals surface area contributed by atoms with E-state index in [1.807, 2.05) is 6.07 Å². The maximum Gasteiger partial charge on any atom is 0.266 e. The van der Waals surface area contributed by atoms with Crippen LogP contribution < -0.4 is 16.2 Å². The van der Waals surface area contributed by atoms with Gasteiger partial charge in [-0.3, -0.25) is 14.4 Å². The van der Waals surface area contributed by atoms with Crippen molar-refractivity contribution < 1.29 is 9.59 Å². The van der Waals surface area contributed by atoms with Gasteiger partial charge in [-0.15, -0.1) is 0 Å². The molecule has 0 unspecified atom stereocenters. The van der Waals surface area contributed by atoms with Gasteiger partial charge in [0.1, 0.15) is 11.6 Å². The number of rotatable bonds is 6. The number of aromatic nitrogens is 1. The van der Waals surface area contributed by atoms with Crippen molar-refractivity contribution in [2.45, 2.75) is 33.2 Å². The topological polar surface area (TPSA) is 115 Å². The van der Waals surface area contributed by atoms with E-state index in [1.165, 1.54) is 0 Å². The Labute approximate surface area is 157 Å². The number of carbonyl (C=O) groups is 2. The minimum absolute atomic E-state index is 0.0900. The van der Waals surface area contributed by atoms with Crippen molar-refractivity contribution >= 4 is 11.8 Å². The Balaban J connectivity index is 1.95. The molecule has 0 radical (unpaired) electrons. The second-order valence-electron chi connectivity index (χ2n) is 6.22. The second-order valence-corrected chi connectivity index (χ2v) is 6.22. The summed E-state index contributed by atoms with van der Waals surface area (Å²) in [5.41, 5.74) is 3.25. The minimum Gasteiger partial charge on any atom is -0.355 e. The van der Waals surface area contributed by atoms with Gasteiger partial charge in [0.2, 0.25) is 5.91 Å². The third-order valence-electron chi connectivity index (χ3n) is 4.46. The van der Waals surface area contributed by atoms with Crippen molar-refractivity contribution in [3.63, 3.8) is 0 Å². The van der Waals surface area contributed by atoms with E-state index in [-0.39, 0.29) is 23.8 Å². The number of pyridine rings is 1. The summed E-state index contributed by atoms with van der Waals surface area (Å²) in [5, 5.41) is 14.5. The molecular formula is C20H22N4O3. The fraction of sp³-hybridized carbons (Fsp3) is 0.300. The molecule has 0 bridgehead atoms. The lowest BCUT2D eigenvalue weighted by Crippen LogP contribution is -2.24. The molecule has 2 rings (SSSR count). The summed E-state index contributed by atoms with van der Waals surface area (Å²) < 4.78 is 0. The van der Waals surface area contributed by atoms with Crippen LogP contribution in [0.25, 0.3) is 0 Å². The molecule has 2 aromatic rings. The summed E-state index contributed by atoms with van der Waals surface area (Å²) in [6.07, 6.45) is 0.680. The smallest absolute Gasteiger partial charge is 0.266 e. The van der Waals surface area contributed by atoms with Gasteiger partial charge >= 0.3 is 0 Å². The molecule has 0 aliphatic heterocycles. The molecule has 2 amide bonds. The number of nitrogens with one attached hydrogen (secondary N) is 3. The van der Waals surface area contributed by atoms with E-state index in [9.17, 15) is 14.4 Å². The summed E-state index contributed by atoms with van der Waals surface area (Å²) in [5.74, 6) is -0.289. The molecular weight excluding hydrogens is 344 g/mol. The molecule has 3 N–H and O–H groups in total. The van der Waals surface area contributed by atoms with Crippen LogP contribution in [0, 0.1) is 25.2 Å². The first kappa shape index (κ1) is 19.9. The quantitative estimate of drug-likeness (QED) is 0.718. The average Bonchev–Trinajstić information content (AvgIpc) is 2.66. The average molecular weight is 366 g/mol. The molecule has 0 atom stereocenters. The van der Waals surface area contributed by atoms with Gasteiger partial charge in [-0.1, -0.05) is 12.1 Å². The van der Waals surface area contributed by atoms with Crippen LogP contribution in [0.4, 0.5) is 0 Å². The SMILES string of the molecule is CNC(=O)c1ccc(CNC(=O)CCc2c(C)[nH]c(=O)c(C#N)c2C)cc1. The summed E-state index contributed by atoms with van der Waals surface area (Å²) >= 11 is 0. The van der Waals surface area contributed by atoms with Crippen molar-refractivity contribution in [2.75, 3.05) is 7.05 Å². The van der Waals surface area contributed by atoms with Crippen molar-refractivity contribution in [1.29, 1.82) is 5.26 Å². The van der Waals surface area contributed by atoms with Crippen LogP contribution in [-0.4, -0.2) is 23.8 Å². The monoisotopic (exact) mass is 366 g/mol. The van der Waals surface area contributed by atoms with Gasteiger partial charge in [0.25, 0.3) is 11.5 Å². The number of benzene rings is 1. The fourth-order valence-corrected chi connectivity index (χ4v) is 2.87. The Bertz CT molecular complexity index is 953. The summed E-state index contributed by atoms with van der Waals surface area (Å²) in [6.45, 7) is 3.85. The largest absolute Gasteiger partial charge is 0.355 e. The molecule has 1 aromatic carbocycles. The van der Waals surface area contributed by atoms with Crippen molar-refractivity contribution in [3.8, 4) is 6.07 Å². The molecule has 0 aliphatic carbocycles. The number of hydrogen-bond acceptors (Lipinski definition) is 4. The van der Waals surface area contributed by atoms with E-state index in [4.69, 9.17) is 5.26 Å². The van der Waals surface area contributed by atoms with Gasteiger partial charge in [-0.2, -0.15) is 5.26 Å². The van der Waals surface area contributed by atoms with E-state index in [0.29, 0.717) is 29.8 Å². The summed E-state index contributed by atoms with van der Waals surface area (Å²) in [6, 6.07) is 8.90. The van der Waals surface area contributed by atoms with Gasteiger partial charge in [-0.25, -0.2) is 0 Å². The number of aryl methyl sites for hydroxylation is 1. The van der Waals surface area contributed by atoms with Gasteiger partial charge in [0.05, 0.1) is 0 Å². The van der Waals surface area contributed by atoms with E-state index in [2.05, 4.69) is 15.6 Å². The van der Waals surface area contributed by atoms with Crippen molar-refractivity contribution in [3.05, 3.63) is 68.1 Å². The highest BCUT2D eigenvalue weighted by molar-refractivity contribution is 5.93. The molecule has 0 aliphatic rings. The highest BCUT2D eigenvalue weighted by atomic mass is 16.2. The predicted octanol–water partition coefficient (Wildman–Crippen LogP) is 1.47. The summed E-state index contributed by atoms with van der Waals surface area (Å²) in [7, 11) is 1.57. The molecule has 1 heterocycles. The van der Waals surface area contributed by atoms with Gasteiger partial charge < -0.3 is 15.6 Å². The molecule has 27 heavy (non-hydrogen) atoms. The molecule has 0 saturated heterocycles. The van der Waals surface area contributed by atoms with Gasteiger partial charge in [0, 0.05) is 31.3 Å². The van der Waals surface area contributed by atoms with Crippen molar-refractivity contribution in [2.24, 2.45) is 0 Å². The van der Waals surface area contributed by atoms with Crippen LogP contribution in [0.1, 0.15) is 44.7 Å². The van der Waals surface area contributed by atoms with Gasteiger partial charge in [0.15, 0.2) is 0 Å². The third kappa shape index (κ3) is 4.82. The Morgan fingerprint density at radius 1 is 1.19 bits per heavy atom. The van der Waals surface area contributed by atoms with E-state index in [0.717, 1.165) is 11.1 Å². The lowest BCUT2D eigenvalue weighted by molar-refractivity contribution is -0.121. The summed E-state index contributed by atoms with van der Waals surface area (Å²) in [4.78, 5) is 38.1. The Kier molecular flexibility index (Phi) is 6.50. The molecule has 7 heteroatoms. The zero-order valence-electron chi connectivity index (χ0n) is 15.6. The Morgan fingerprint density at radius 3 is 2.44 bits per heavy atom. The number of carbonyl (C=O) groups excluding carboxylic acids is 2. The molecule has 0 saturated carbocycles. The number of nitriles is 1. The van der Waals surface area contributed by atoms with E-state index >= 15 is 0 Å². The molecule has 140 valence electrons. The number of H-pyrrole nitrogens is 1. The van der Waals surface area contributed by atoms with Crippen LogP contribution in [0.15, 0.2) is 29.1 Å². The van der Waals surface area contributed by atoms with Crippen LogP contribution in [0.3, 0.4) is 0 Å². The lowest BCUT2D eigenvalue weighted by Gasteiger charge is -2.11. The van der Waals surface area contributed by atoms with E-state index < -0.39 is 5.56 Å². The minimum atomic E-state index is -0.402. The molecule has 7 nitrogen and oxygen atoms in total. The number of aromatic amines is 1.